The topological polar surface area (TPSA) is 36.4 Å². The molecule has 0 bridgehead atoms. The standard InChI is InChI=1S/C14H20N2O/c1-4-9-16(10-5-2)12-7-8-13(15-11-12)14(17)6-3/h4-5,7-8,11,14,17H,1-2,6,9-10H2,3H3/t14-/m0/s1. The lowest BCUT2D eigenvalue weighted by Crippen LogP contribution is -2.23. The SMILES string of the molecule is C=CCN(CC=C)c1ccc([C@@H](O)CC)nc1. The van der Waals surface area contributed by atoms with E-state index in [0.717, 1.165) is 18.8 Å². The van der Waals surface area contributed by atoms with Crippen LogP contribution in [0.1, 0.15) is 25.1 Å². The van der Waals surface area contributed by atoms with Gasteiger partial charge in [-0.3, -0.25) is 4.98 Å². The lowest BCUT2D eigenvalue weighted by molar-refractivity contribution is 0.169. The Morgan fingerprint density at radius 1 is 1.35 bits per heavy atom. The number of hydrogen-bond acceptors (Lipinski definition) is 3. The second kappa shape index (κ2) is 6.86. The van der Waals surface area contributed by atoms with E-state index in [2.05, 4.69) is 23.0 Å². The Balaban J connectivity index is 2.83. The normalized spacial score (nSPS) is 11.9. The van der Waals surface area contributed by atoms with Crippen molar-refractivity contribution in [3.8, 4) is 0 Å². The third-order valence-corrected chi connectivity index (χ3v) is 2.56. The van der Waals surface area contributed by atoms with Crippen molar-refractivity contribution in [2.75, 3.05) is 18.0 Å². The van der Waals surface area contributed by atoms with Crippen molar-refractivity contribution in [2.45, 2.75) is 19.4 Å². The molecule has 92 valence electrons. The van der Waals surface area contributed by atoms with Crippen LogP contribution in [0.15, 0.2) is 43.6 Å². The molecule has 0 amide bonds. The zero-order valence-corrected chi connectivity index (χ0v) is 10.3. The van der Waals surface area contributed by atoms with Gasteiger partial charge in [0.05, 0.1) is 23.7 Å². The highest BCUT2D eigenvalue weighted by Crippen LogP contribution is 2.18. The van der Waals surface area contributed by atoms with Crippen LogP contribution in [0.5, 0.6) is 0 Å². The summed E-state index contributed by atoms with van der Waals surface area (Å²) in [6, 6.07) is 3.83. The highest BCUT2D eigenvalue weighted by molar-refractivity contribution is 5.46. The first kappa shape index (κ1) is 13.5. The highest BCUT2D eigenvalue weighted by Gasteiger charge is 2.08. The fourth-order valence-corrected chi connectivity index (χ4v) is 1.59. The Labute approximate surface area is 103 Å². The van der Waals surface area contributed by atoms with Gasteiger partial charge in [-0.25, -0.2) is 0 Å². The van der Waals surface area contributed by atoms with E-state index in [9.17, 15) is 5.11 Å². The number of aromatic nitrogens is 1. The van der Waals surface area contributed by atoms with Gasteiger partial charge in [0.15, 0.2) is 0 Å². The maximum atomic E-state index is 9.66. The summed E-state index contributed by atoms with van der Waals surface area (Å²) >= 11 is 0. The summed E-state index contributed by atoms with van der Waals surface area (Å²) in [6.45, 7) is 10.9. The van der Waals surface area contributed by atoms with Gasteiger partial charge in [0.1, 0.15) is 0 Å². The summed E-state index contributed by atoms with van der Waals surface area (Å²) < 4.78 is 0. The molecule has 1 heterocycles. The molecule has 0 fully saturated rings. The van der Waals surface area contributed by atoms with Crippen LogP contribution in [-0.2, 0) is 0 Å². The van der Waals surface area contributed by atoms with Crippen molar-refractivity contribution in [3.63, 3.8) is 0 Å². The fourth-order valence-electron chi connectivity index (χ4n) is 1.59. The zero-order valence-electron chi connectivity index (χ0n) is 10.3. The molecule has 0 aromatic carbocycles. The Kier molecular flexibility index (Phi) is 5.43. The Morgan fingerprint density at radius 3 is 2.41 bits per heavy atom. The molecule has 0 aliphatic carbocycles. The predicted molar refractivity (Wildman–Crippen MR) is 72.1 cm³/mol. The van der Waals surface area contributed by atoms with Gasteiger partial charge >= 0.3 is 0 Å². The molecule has 0 saturated carbocycles. The Bertz CT molecular complexity index is 349. The molecule has 1 aromatic heterocycles. The molecule has 1 rings (SSSR count). The number of aliphatic hydroxyl groups excluding tert-OH is 1. The van der Waals surface area contributed by atoms with E-state index in [1.54, 1.807) is 6.20 Å². The number of aliphatic hydroxyl groups is 1. The number of pyridine rings is 1. The first-order valence-corrected chi connectivity index (χ1v) is 5.83. The second-order valence-corrected chi connectivity index (χ2v) is 3.85. The van der Waals surface area contributed by atoms with Crippen LogP contribution in [0.25, 0.3) is 0 Å². The van der Waals surface area contributed by atoms with Gasteiger partial charge in [0.25, 0.3) is 0 Å². The van der Waals surface area contributed by atoms with Gasteiger partial charge in [-0.05, 0) is 18.6 Å². The summed E-state index contributed by atoms with van der Waals surface area (Å²) in [5.74, 6) is 0. The lowest BCUT2D eigenvalue weighted by atomic mass is 10.2. The zero-order chi connectivity index (χ0) is 12.7. The van der Waals surface area contributed by atoms with E-state index in [4.69, 9.17) is 0 Å². The minimum Gasteiger partial charge on any atom is -0.387 e. The van der Waals surface area contributed by atoms with Gasteiger partial charge in [-0.1, -0.05) is 19.1 Å². The maximum Gasteiger partial charge on any atom is 0.0957 e. The summed E-state index contributed by atoms with van der Waals surface area (Å²) in [4.78, 5) is 6.38. The molecular formula is C14H20N2O. The van der Waals surface area contributed by atoms with E-state index in [-0.39, 0.29) is 0 Å². The molecule has 0 aliphatic rings. The van der Waals surface area contributed by atoms with Crippen LogP contribution in [0.2, 0.25) is 0 Å². The van der Waals surface area contributed by atoms with Crippen LogP contribution in [-0.4, -0.2) is 23.2 Å². The van der Waals surface area contributed by atoms with E-state index in [0.29, 0.717) is 12.1 Å². The molecule has 0 unspecified atom stereocenters. The van der Waals surface area contributed by atoms with Crippen molar-refractivity contribution < 1.29 is 5.11 Å². The number of hydrogen-bond donors (Lipinski definition) is 1. The Hall–Kier alpha value is -1.61. The van der Waals surface area contributed by atoms with Crippen molar-refractivity contribution in [1.29, 1.82) is 0 Å². The largest absolute Gasteiger partial charge is 0.387 e. The summed E-state index contributed by atoms with van der Waals surface area (Å²) in [5.41, 5.74) is 1.73. The summed E-state index contributed by atoms with van der Waals surface area (Å²) in [5, 5.41) is 9.66. The van der Waals surface area contributed by atoms with Crippen molar-refractivity contribution in [2.24, 2.45) is 0 Å². The van der Waals surface area contributed by atoms with E-state index < -0.39 is 6.10 Å². The van der Waals surface area contributed by atoms with Gasteiger partial charge in [-0.15, -0.1) is 13.2 Å². The van der Waals surface area contributed by atoms with E-state index >= 15 is 0 Å². The quantitative estimate of drug-likeness (QED) is 0.734. The van der Waals surface area contributed by atoms with Crippen LogP contribution in [0.4, 0.5) is 5.69 Å². The molecule has 1 N–H and O–H groups in total. The second-order valence-electron chi connectivity index (χ2n) is 3.85. The molecule has 3 nitrogen and oxygen atoms in total. The van der Waals surface area contributed by atoms with Gasteiger partial charge in [-0.2, -0.15) is 0 Å². The average Bonchev–Trinajstić information content (AvgIpc) is 2.38. The van der Waals surface area contributed by atoms with Crippen molar-refractivity contribution in [1.82, 2.24) is 4.98 Å². The van der Waals surface area contributed by atoms with Crippen molar-refractivity contribution in [3.05, 3.63) is 49.3 Å². The molecule has 0 aliphatic heterocycles. The molecule has 0 saturated heterocycles. The van der Waals surface area contributed by atoms with Gasteiger partial charge < -0.3 is 10.0 Å². The van der Waals surface area contributed by atoms with Crippen LogP contribution in [0, 0.1) is 0 Å². The number of nitrogens with zero attached hydrogens (tertiary/aromatic N) is 2. The summed E-state index contributed by atoms with van der Waals surface area (Å²) in [6.07, 6.45) is 5.67. The van der Waals surface area contributed by atoms with Crippen molar-refractivity contribution >= 4 is 5.69 Å². The molecule has 1 atom stereocenters. The fraction of sp³-hybridized carbons (Fsp3) is 0.357. The van der Waals surface area contributed by atoms with Gasteiger partial charge in [0, 0.05) is 13.1 Å². The molecule has 0 spiro atoms. The first-order valence-electron chi connectivity index (χ1n) is 5.83. The highest BCUT2D eigenvalue weighted by atomic mass is 16.3. The number of rotatable bonds is 7. The number of anilines is 1. The molecular weight excluding hydrogens is 212 g/mol. The maximum absolute atomic E-state index is 9.66. The Morgan fingerprint density at radius 2 is 2.00 bits per heavy atom. The van der Waals surface area contributed by atoms with Crippen LogP contribution >= 0.6 is 0 Å². The predicted octanol–water partition coefficient (Wildman–Crippen LogP) is 2.70. The average molecular weight is 232 g/mol. The van der Waals surface area contributed by atoms with E-state index in [1.807, 2.05) is 31.2 Å². The molecule has 17 heavy (non-hydrogen) atoms. The monoisotopic (exact) mass is 232 g/mol. The van der Waals surface area contributed by atoms with Gasteiger partial charge in [0.2, 0.25) is 0 Å². The minimum absolute atomic E-state index is 0.476. The molecule has 0 radical (unpaired) electrons. The first-order chi connectivity index (χ1) is 8.22. The van der Waals surface area contributed by atoms with Crippen LogP contribution in [0.3, 0.4) is 0 Å². The van der Waals surface area contributed by atoms with Crippen LogP contribution < -0.4 is 4.90 Å². The third kappa shape index (κ3) is 3.71. The van der Waals surface area contributed by atoms with E-state index in [1.165, 1.54) is 0 Å². The lowest BCUT2D eigenvalue weighted by Gasteiger charge is -2.21. The molecule has 1 aromatic rings. The third-order valence-electron chi connectivity index (χ3n) is 2.56. The smallest absolute Gasteiger partial charge is 0.0957 e. The summed E-state index contributed by atoms with van der Waals surface area (Å²) in [7, 11) is 0. The molecule has 3 heteroatoms. The minimum atomic E-state index is -0.476.